The molecule has 0 radical (unpaired) electrons. The molecule has 0 aliphatic rings. The molecule has 96 valence electrons. The lowest BCUT2D eigenvalue weighted by Gasteiger charge is -2.17. The third-order valence-corrected chi connectivity index (χ3v) is 3.33. The van der Waals surface area contributed by atoms with Gasteiger partial charge in [0.2, 0.25) is 5.78 Å². The van der Waals surface area contributed by atoms with E-state index in [1.165, 1.54) is 12.1 Å². The third kappa shape index (κ3) is 1.88. The number of benzene rings is 1. The van der Waals surface area contributed by atoms with Crippen LogP contribution in [0.25, 0.3) is 10.1 Å². The van der Waals surface area contributed by atoms with E-state index in [-0.39, 0.29) is 5.39 Å². The second kappa shape index (κ2) is 4.01. The average Bonchev–Trinajstić information content (AvgIpc) is 2.70. The molecule has 0 bridgehead atoms. The van der Waals surface area contributed by atoms with Crippen LogP contribution in [-0.4, -0.2) is 17.9 Å². The van der Waals surface area contributed by atoms with Crippen molar-refractivity contribution in [2.24, 2.45) is 0 Å². The number of carbonyl (C=O) groups excluding carboxylic acids is 1. The molecule has 1 aromatic heterocycles. The van der Waals surface area contributed by atoms with Gasteiger partial charge in [-0.3, -0.25) is 4.79 Å². The van der Waals surface area contributed by atoms with Gasteiger partial charge in [-0.1, -0.05) is 18.2 Å². The van der Waals surface area contributed by atoms with E-state index in [0.29, 0.717) is 4.70 Å². The van der Waals surface area contributed by atoms with Crippen molar-refractivity contribution in [1.82, 2.24) is 0 Å². The van der Waals surface area contributed by atoms with Crippen LogP contribution in [0.2, 0.25) is 0 Å². The first-order valence-electron chi connectivity index (χ1n) is 4.70. The number of thiophene rings is 1. The van der Waals surface area contributed by atoms with Crippen LogP contribution >= 0.6 is 11.3 Å². The van der Waals surface area contributed by atoms with Gasteiger partial charge in [-0.2, -0.15) is 22.0 Å². The van der Waals surface area contributed by atoms with Crippen LogP contribution in [0.4, 0.5) is 22.0 Å². The molecule has 1 nitrogen and oxygen atoms in total. The van der Waals surface area contributed by atoms with E-state index >= 15 is 0 Å². The van der Waals surface area contributed by atoms with E-state index in [0.717, 1.165) is 16.7 Å². The Morgan fingerprint density at radius 2 is 1.67 bits per heavy atom. The summed E-state index contributed by atoms with van der Waals surface area (Å²) in [6, 6.07) is 5.96. The van der Waals surface area contributed by atoms with Gasteiger partial charge in [0.25, 0.3) is 0 Å². The van der Waals surface area contributed by atoms with Crippen LogP contribution in [0.15, 0.2) is 29.6 Å². The van der Waals surface area contributed by atoms with Crippen LogP contribution in [0.1, 0.15) is 10.4 Å². The topological polar surface area (TPSA) is 17.1 Å². The summed E-state index contributed by atoms with van der Waals surface area (Å²) in [5.74, 6) is -7.58. The number of hydrogen-bond acceptors (Lipinski definition) is 2. The first-order valence-corrected chi connectivity index (χ1v) is 5.58. The summed E-state index contributed by atoms with van der Waals surface area (Å²) in [5, 5.41) is 1.13. The fourth-order valence-electron chi connectivity index (χ4n) is 1.45. The van der Waals surface area contributed by atoms with Crippen molar-refractivity contribution in [2.45, 2.75) is 12.1 Å². The molecular formula is C11H5F5OS. The second-order valence-electron chi connectivity index (χ2n) is 3.55. The third-order valence-electron chi connectivity index (χ3n) is 2.37. The zero-order valence-corrected chi connectivity index (χ0v) is 9.41. The van der Waals surface area contributed by atoms with Gasteiger partial charge in [-0.15, -0.1) is 11.3 Å². The van der Waals surface area contributed by atoms with E-state index in [1.807, 2.05) is 0 Å². The smallest absolute Gasteiger partial charge is 0.287 e. The minimum Gasteiger partial charge on any atom is -0.287 e. The number of Topliss-reactive ketones (excluding diaryl/α,β-unsaturated/α-hetero) is 1. The fraction of sp³-hybridized carbons (Fsp3) is 0.182. The van der Waals surface area contributed by atoms with Gasteiger partial charge >= 0.3 is 12.1 Å². The molecule has 0 aliphatic heterocycles. The number of halogens is 5. The molecular weight excluding hydrogens is 275 g/mol. The lowest BCUT2D eigenvalue weighted by molar-refractivity contribution is -0.255. The summed E-state index contributed by atoms with van der Waals surface area (Å²) in [6.45, 7) is 0. The van der Waals surface area contributed by atoms with Crippen LogP contribution in [0.5, 0.6) is 0 Å². The van der Waals surface area contributed by atoms with Crippen molar-refractivity contribution < 1.29 is 26.7 Å². The highest BCUT2D eigenvalue weighted by molar-refractivity contribution is 7.17. The van der Waals surface area contributed by atoms with E-state index < -0.39 is 23.4 Å². The molecule has 0 unspecified atom stereocenters. The fourth-order valence-corrected chi connectivity index (χ4v) is 2.39. The number of ketones is 1. The van der Waals surface area contributed by atoms with Crippen molar-refractivity contribution in [1.29, 1.82) is 0 Å². The Bertz CT molecular complexity index is 599. The van der Waals surface area contributed by atoms with E-state index in [9.17, 15) is 26.7 Å². The highest BCUT2D eigenvalue weighted by Crippen LogP contribution is 2.40. The molecule has 0 atom stereocenters. The number of alkyl halides is 5. The number of carbonyl (C=O) groups is 1. The Balaban J connectivity index is 2.53. The minimum atomic E-state index is -5.88. The van der Waals surface area contributed by atoms with Gasteiger partial charge in [-0.25, -0.2) is 0 Å². The maximum Gasteiger partial charge on any atom is 0.461 e. The standard InChI is InChI=1S/C11H5F5OS/c12-10(13,11(14,15)16)9(17)7-5-18-8-4-2-1-3-6(7)8/h1-5H. The normalized spacial score (nSPS) is 12.9. The average molecular weight is 280 g/mol. The zero-order valence-electron chi connectivity index (χ0n) is 8.59. The molecule has 0 spiro atoms. The maximum absolute atomic E-state index is 12.9. The number of hydrogen-bond donors (Lipinski definition) is 0. The van der Waals surface area contributed by atoms with E-state index in [2.05, 4.69) is 0 Å². The highest BCUT2D eigenvalue weighted by Gasteiger charge is 2.63. The van der Waals surface area contributed by atoms with Crippen molar-refractivity contribution in [3.8, 4) is 0 Å². The van der Waals surface area contributed by atoms with Crippen LogP contribution in [-0.2, 0) is 0 Å². The van der Waals surface area contributed by atoms with Gasteiger partial charge < -0.3 is 0 Å². The highest BCUT2D eigenvalue weighted by atomic mass is 32.1. The molecule has 0 saturated carbocycles. The Kier molecular flexibility index (Phi) is 2.89. The van der Waals surface area contributed by atoms with Gasteiger partial charge in [-0.05, 0) is 6.07 Å². The first-order chi connectivity index (χ1) is 8.25. The van der Waals surface area contributed by atoms with Crippen LogP contribution in [0.3, 0.4) is 0 Å². The largest absolute Gasteiger partial charge is 0.461 e. The van der Waals surface area contributed by atoms with Gasteiger partial charge in [0, 0.05) is 21.0 Å². The summed E-state index contributed by atoms with van der Waals surface area (Å²) < 4.78 is 62.7. The molecule has 0 saturated heterocycles. The summed E-state index contributed by atoms with van der Waals surface area (Å²) in [5.41, 5.74) is -0.599. The molecule has 0 fully saturated rings. The van der Waals surface area contributed by atoms with Crippen molar-refractivity contribution in [3.63, 3.8) is 0 Å². The molecule has 2 aromatic rings. The van der Waals surface area contributed by atoms with Crippen molar-refractivity contribution in [3.05, 3.63) is 35.2 Å². The van der Waals surface area contributed by atoms with Crippen LogP contribution in [0, 0.1) is 0 Å². The lowest BCUT2D eigenvalue weighted by Crippen LogP contribution is -2.43. The molecule has 18 heavy (non-hydrogen) atoms. The summed E-state index contributed by atoms with van der Waals surface area (Å²) in [4.78, 5) is 11.3. The Morgan fingerprint density at radius 1 is 1.06 bits per heavy atom. The van der Waals surface area contributed by atoms with Crippen LogP contribution < -0.4 is 0 Å². The second-order valence-corrected chi connectivity index (χ2v) is 4.46. The molecule has 0 N–H and O–H groups in total. The monoisotopic (exact) mass is 280 g/mol. The maximum atomic E-state index is 12.9. The first kappa shape index (κ1) is 12.9. The minimum absolute atomic E-state index is 0.108. The number of rotatable bonds is 2. The Hall–Kier alpha value is -1.50. The molecule has 1 heterocycles. The zero-order chi connectivity index (χ0) is 13.6. The predicted molar refractivity (Wildman–Crippen MR) is 57.2 cm³/mol. The molecule has 1 aromatic carbocycles. The molecule has 7 heteroatoms. The Morgan fingerprint density at radius 3 is 2.28 bits per heavy atom. The molecule has 2 rings (SSSR count). The molecule has 0 aliphatic carbocycles. The number of fused-ring (bicyclic) bond motifs is 1. The molecule has 0 amide bonds. The van der Waals surface area contributed by atoms with Gasteiger partial charge in [0.1, 0.15) is 0 Å². The summed E-state index contributed by atoms with van der Waals surface area (Å²) in [6.07, 6.45) is -5.88. The SMILES string of the molecule is O=C(c1csc2ccccc12)C(F)(F)C(F)(F)F. The van der Waals surface area contributed by atoms with Gasteiger partial charge in [0.15, 0.2) is 0 Å². The summed E-state index contributed by atoms with van der Waals surface area (Å²) in [7, 11) is 0. The Labute approximate surface area is 102 Å². The van der Waals surface area contributed by atoms with E-state index in [1.54, 1.807) is 12.1 Å². The predicted octanol–water partition coefficient (Wildman–Crippen LogP) is 4.28. The van der Waals surface area contributed by atoms with Gasteiger partial charge in [0.05, 0.1) is 0 Å². The van der Waals surface area contributed by atoms with Crippen molar-refractivity contribution in [2.75, 3.05) is 0 Å². The quantitative estimate of drug-likeness (QED) is 0.592. The van der Waals surface area contributed by atoms with E-state index in [4.69, 9.17) is 0 Å². The lowest BCUT2D eigenvalue weighted by atomic mass is 10.0. The summed E-state index contributed by atoms with van der Waals surface area (Å²) >= 11 is 0.947. The van der Waals surface area contributed by atoms with Crippen molar-refractivity contribution >= 4 is 27.2 Å².